The lowest BCUT2D eigenvalue weighted by Crippen LogP contribution is -1.98. The molecule has 0 bridgehead atoms. The minimum Gasteiger partial charge on any atom is -0.508 e. The number of phenols is 1. The standard InChI is InChI=1S/C15H16O2/c1-11-5-3-6-12(2)15(11)17-10-13-7-4-8-14(16)9-13/h3-9,16H,10H2,1-2H3. The second-order valence-electron chi connectivity index (χ2n) is 4.18. The molecule has 2 aromatic rings. The lowest BCUT2D eigenvalue weighted by molar-refractivity contribution is 0.301. The predicted molar refractivity (Wildman–Crippen MR) is 68.4 cm³/mol. The number of para-hydroxylation sites is 1. The molecule has 0 spiro atoms. The third kappa shape index (κ3) is 2.78. The van der Waals surface area contributed by atoms with E-state index in [0.29, 0.717) is 6.61 Å². The Kier molecular flexibility index (Phi) is 3.33. The van der Waals surface area contributed by atoms with Crippen LogP contribution in [0.25, 0.3) is 0 Å². The van der Waals surface area contributed by atoms with Gasteiger partial charge in [0.25, 0.3) is 0 Å². The number of benzene rings is 2. The van der Waals surface area contributed by atoms with E-state index in [4.69, 9.17) is 4.74 Å². The summed E-state index contributed by atoms with van der Waals surface area (Å²) in [7, 11) is 0. The molecular formula is C15H16O2. The second-order valence-corrected chi connectivity index (χ2v) is 4.18. The van der Waals surface area contributed by atoms with Crippen molar-refractivity contribution in [3.8, 4) is 11.5 Å². The number of hydrogen-bond donors (Lipinski definition) is 1. The highest BCUT2D eigenvalue weighted by molar-refractivity contribution is 5.40. The maximum Gasteiger partial charge on any atom is 0.125 e. The third-order valence-corrected chi connectivity index (χ3v) is 2.70. The quantitative estimate of drug-likeness (QED) is 0.870. The van der Waals surface area contributed by atoms with Crippen LogP contribution >= 0.6 is 0 Å². The summed E-state index contributed by atoms with van der Waals surface area (Å²) in [4.78, 5) is 0. The van der Waals surface area contributed by atoms with Crippen LogP contribution in [-0.2, 0) is 6.61 Å². The summed E-state index contributed by atoms with van der Waals surface area (Å²) in [5.41, 5.74) is 3.22. The number of hydrogen-bond acceptors (Lipinski definition) is 2. The molecule has 0 aliphatic rings. The summed E-state index contributed by atoms with van der Waals surface area (Å²) in [5, 5.41) is 9.36. The Labute approximate surface area is 101 Å². The molecule has 17 heavy (non-hydrogen) atoms. The molecule has 0 saturated carbocycles. The number of rotatable bonds is 3. The topological polar surface area (TPSA) is 29.5 Å². The molecule has 1 N–H and O–H groups in total. The summed E-state index contributed by atoms with van der Waals surface area (Å²) in [6, 6.07) is 13.2. The van der Waals surface area contributed by atoms with E-state index < -0.39 is 0 Å². The maximum atomic E-state index is 9.36. The van der Waals surface area contributed by atoms with Crippen LogP contribution in [0.5, 0.6) is 11.5 Å². The zero-order valence-corrected chi connectivity index (χ0v) is 10.1. The van der Waals surface area contributed by atoms with E-state index in [1.54, 1.807) is 12.1 Å². The van der Waals surface area contributed by atoms with Gasteiger partial charge in [0.15, 0.2) is 0 Å². The molecule has 0 aliphatic carbocycles. The van der Waals surface area contributed by atoms with Crippen molar-refractivity contribution in [3.05, 3.63) is 59.2 Å². The van der Waals surface area contributed by atoms with E-state index in [0.717, 1.165) is 22.4 Å². The molecule has 0 radical (unpaired) electrons. The highest BCUT2D eigenvalue weighted by atomic mass is 16.5. The molecule has 0 atom stereocenters. The highest BCUT2D eigenvalue weighted by Crippen LogP contribution is 2.23. The van der Waals surface area contributed by atoms with Gasteiger partial charge in [-0.1, -0.05) is 30.3 Å². The average molecular weight is 228 g/mol. The first-order valence-electron chi connectivity index (χ1n) is 5.64. The monoisotopic (exact) mass is 228 g/mol. The molecule has 0 fully saturated rings. The fourth-order valence-corrected chi connectivity index (χ4v) is 1.83. The maximum absolute atomic E-state index is 9.36. The summed E-state index contributed by atoms with van der Waals surface area (Å²) in [6.07, 6.45) is 0. The summed E-state index contributed by atoms with van der Waals surface area (Å²) < 4.78 is 5.80. The van der Waals surface area contributed by atoms with Crippen molar-refractivity contribution in [1.29, 1.82) is 0 Å². The fourth-order valence-electron chi connectivity index (χ4n) is 1.83. The highest BCUT2D eigenvalue weighted by Gasteiger charge is 2.03. The minimum atomic E-state index is 0.271. The molecular weight excluding hydrogens is 212 g/mol. The van der Waals surface area contributed by atoms with Gasteiger partial charge in [-0.25, -0.2) is 0 Å². The van der Waals surface area contributed by atoms with Gasteiger partial charge in [-0.15, -0.1) is 0 Å². The molecule has 0 heterocycles. The number of phenolic OH excluding ortho intramolecular Hbond substituents is 1. The SMILES string of the molecule is Cc1cccc(C)c1OCc1cccc(O)c1. The second kappa shape index (κ2) is 4.91. The van der Waals surface area contributed by atoms with E-state index in [9.17, 15) is 5.11 Å². The van der Waals surface area contributed by atoms with Crippen LogP contribution in [-0.4, -0.2) is 5.11 Å². The van der Waals surface area contributed by atoms with Crippen LogP contribution in [0.2, 0.25) is 0 Å². The van der Waals surface area contributed by atoms with Gasteiger partial charge < -0.3 is 9.84 Å². The van der Waals surface area contributed by atoms with Crippen molar-refractivity contribution >= 4 is 0 Å². The Morgan fingerprint density at radius 3 is 2.29 bits per heavy atom. The van der Waals surface area contributed by atoms with Crippen LogP contribution in [0.1, 0.15) is 16.7 Å². The van der Waals surface area contributed by atoms with Crippen LogP contribution in [0.4, 0.5) is 0 Å². The van der Waals surface area contributed by atoms with E-state index in [-0.39, 0.29) is 5.75 Å². The largest absolute Gasteiger partial charge is 0.508 e. The van der Waals surface area contributed by atoms with Gasteiger partial charge in [0, 0.05) is 0 Å². The minimum absolute atomic E-state index is 0.271. The lowest BCUT2D eigenvalue weighted by atomic mass is 10.1. The van der Waals surface area contributed by atoms with Crippen LogP contribution in [0.3, 0.4) is 0 Å². The van der Waals surface area contributed by atoms with Gasteiger partial charge in [-0.2, -0.15) is 0 Å². The molecule has 0 amide bonds. The van der Waals surface area contributed by atoms with Gasteiger partial charge >= 0.3 is 0 Å². The molecule has 2 rings (SSSR count). The van der Waals surface area contributed by atoms with Gasteiger partial charge in [0.05, 0.1) is 0 Å². The molecule has 0 unspecified atom stereocenters. The average Bonchev–Trinajstić information content (AvgIpc) is 2.28. The number of aromatic hydroxyl groups is 1. The third-order valence-electron chi connectivity index (χ3n) is 2.70. The molecule has 0 saturated heterocycles. The summed E-state index contributed by atoms with van der Waals surface area (Å²) in [5.74, 6) is 1.20. The van der Waals surface area contributed by atoms with E-state index in [2.05, 4.69) is 0 Å². The fraction of sp³-hybridized carbons (Fsp3) is 0.200. The van der Waals surface area contributed by atoms with Crippen LogP contribution in [0.15, 0.2) is 42.5 Å². The lowest BCUT2D eigenvalue weighted by Gasteiger charge is -2.11. The Balaban J connectivity index is 2.13. The predicted octanol–water partition coefficient (Wildman–Crippen LogP) is 3.59. The van der Waals surface area contributed by atoms with E-state index >= 15 is 0 Å². The normalized spacial score (nSPS) is 10.2. The Bertz CT molecular complexity index is 498. The smallest absolute Gasteiger partial charge is 0.125 e. The van der Waals surface area contributed by atoms with Gasteiger partial charge in [-0.3, -0.25) is 0 Å². The van der Waals surface area contributed by atoms with Crippen molar-refractivity contribution in [2.24, 2.45) is 0 Å². The van der Waals surface area contributed by atoms with Gasteiger partial charge in [0.2, 0.25) is 0 Å². The molecule has 0 aliphatic heterocycles. The van der Waals surface area contributed by atoms with Crippen LogP contribution < -0.4 is 4.74 Å². The number of ether oxygens (including phenoxy) is 1. The summed E-state index contributed by atoms with van der Waals surface area (Å²) in [6.45, 7) is 4.54. The Morgan fingerprint density at radius 2 is 1.65 bits per heavy atom. The molecule has 88 valence electrons. The van der Waals surface area contributed by atoms with Crippen molar-refractivity contribution in [2.75, 3.05) is 0 Å². The summed E-state index contributed by atoms with van der Waals surface area (Å²) >= 11 is 0. The zero-order chi connectivity index (χ0) is 12.3. The molecule has 2 nitrogen and oxygen atoms in total. The molecule has 0 aromatic heterocycles. The van der Waals surface area contributed by atoms with Crippen LogP contribution in [0, 0.1) is 13.8 Å². The van der Waals surface area contributed by atoms with Crippen molar-refractivity contribution in [1.82, 2.24) is 0 Å². The van der Waals surface area contributed by atoms with Gasteiger partial charge in [0.1, 0.15) is 18.1 Å². The van der Waals surface area contributed by atoms with Crippen molar-refractivity contribution in [2.45, 2.75) is 20.5 Å². The number of aryl methyl sites for hydroxylation is 2. The zero-order valence-electron chi connectivity index (χ0n) is 10.1. The van der Waals surface area contributed by atoms with E-state index in [1.165, 1.54) is 0 Å². The molecule has 2 aromatic carbocycles. The van der Waals surface area contributed by atoms with E-state index in [1.807, 2.05) is 44.2 Å². The van der Waals surface area contributed by atoms with Gasteiger partial charge in [-0.05, 0) is 42.7 Å². The first kappa shape index (κ1) is 11.5. The first-order chi connectivity index (χ1) is 8.16. The Hall–Kier alpha value is -1.96. The van der Waals surface area contributed by atoms with Crippen molar-refractivity contribution in [3.63, 3.8) is 0 Å². The Morgan fingerprint density at radius 1 is 1.00 bits per heavy atom. The first-order valence-corrected chi connectivity index (χ1v) is 5.64. The molecule has 2 heteroatoms. The van der Waals surface area contributed by atoms with Crippen molar-refractivity contribution < 1.29 is 9.84 Å².